The van der Waals surface area contributed by atoms with Crippen molar-refractivity contribution in [1.29, 1.82) is 0 Å². The van der Waals surface area contributed by atoms with Gasteiger partial charge in [-0.25, -0.2) is 0 Å². The Labute approximate surface area is 82.0 Å². The van der Waals surface area contributed by atoms with Gasteiger partial charge in [-0.1, -0.05) is 0 Å². The average Bonchev–Trinajstić information content (AvgIpc) is 2.20. The van der Waals surface area contributed by atoms with E-state index in [2.05, 4.69) is 9.97 Å². The van der Waals surface area contributed by atoms with Crippen LogP contribution in [0.3, 0.4) is 0 Å². The third kappa shape index (κ3) is 2.02. The van der Waals surface area contributed by atoms with E-state index in [1.54, 1.807) is 7.11 Å². The van der Waals surface area contributed by atoms with Crippen molar-refractivity contribution in [3.05, 3.63) is 5.56 Å². The minimum atomic E-state index is 0.110. The number of anilines is 1. The van der Waals surface area contributed by atoms with E-state index < -0.39 is 0 Å². The first-order chi connectivity index (χ1) is 6.72. The molecular weight excluding hydrogens is 186 g/mol. The van der Waals surface area contributed by atoms with Gasteiger partial charge in [0, 0.05) is 7.11 Å². The zero-order valence-electron chi connectivity index (χ0n) is 8.40. The van der Waals surface area contributed by atoms with Crippen molar-refractivity contribution >= 4 is 5.95 Å². The molecule has 1 aromatic heterocycles. The summed E-state index contributed by atoms with van der Waals surface area (Å²) in [6.07, 6.45) is 0. The zero-order chi connectivity index (χ0) is 10.6. The maximum atomic E-state index is 5.45. The van der Waals surface area contributed by atoms with E-state index in [1.165, 1.54) is 14.2 Å². The molecule has 0 aliphatic heterocycles. The lowest BCUT2D eigenvalue weighted by Gasteiger charge is -2.10. The number of hydrogen-bond acceptors (Lipinski definition) is 6. The molecule has 0 aliphatic rings. The molecule has 6 nitrogen and oxygen atoms in total. The van der Waals surface area contributed by atoms with Crippen molar-refractivity contribution in [2.24, 2.45) is 0 Å². The van der Waals surface area contributed by atoms with Crippen LogP contribution >= 0.6 is 0 Å². The molecule has 14 heavy (non-hydrogen) atoms. The largest absolute Gasteiger partial charge is 0.481 e. The number of hydrogen-bond donors (Lipinski definition) is 1. The monoisotopic (exact) mass is 199 g/mol. The van der Waals surface area contributed by atoms with Crippen LogP contribution in [0.2, 0.25) is 0 Å². The Kier molecular flexibility index (Phi) is 3.47. The van der Waals surface area contributed by atoms with E-state index >= 15 is 0 Å². The Bertz CT molecular complexity index is 292. The van der Waals surface area contributed by atoms with E-state index in [0.29, 0.717) is 23.9 Å². The standard InChI is InChI=1S/C8H13N3O3/c1-12-4-5-6(13-2)10-8(9)11-7(5)14-3/h4H2,1-3H3,(H2,9,10,11). The van der Waals surface area contributed by atoms with E-state index in [-0.39, 0.29) is 5.95 Å². The SMILES string of the molecule is COCc1c(OC)nc(N)nc1OC. The molecule has 0 unspecified atom stereocenters. The van der Waals surface area contributed by atoms with Gasteiger partial charge in [0.25, 0.3) is 0 Å². The lowest BCUT2D eigenvalue weighted by molar-refractivity contribution is 0.176. The Morgan fingerprint density at radius 1 is 1.07 bits per heavy atom. The molecule has 0 radical (unpaired) electrons. The molecule has 0 aliphatic carbocycles. The molecule has 0 saturated carbocycles. The number of nitrogens with two attached hydrogens (primary N) is 1. The normalized spacial score (nSPS) is 9.93. The molecule has 6 heteroatoms. The molecule has 0 amide bonds. The molecule has 0 atom stereocenters. The lowest BCUT2D eigenvalue weighted by atomic mass is 10.3. The summed E-state index contributed by atoms with van der Waals surface area (Å²) in [6, 6.07) is 0. The molecular formula is C8H13N3O3. The molecule has 2 N–H and O–H groups in total. The number of ether oxygens (including phenoxy) is 3. The van der Waals surface area contributed by atoms with Crippen LogP contribution in [0, 0.1) is 0 Å². The second-order valence-corrected chi connectivity index (χ2v) is 2.51. The summed E-state index contributed by atoms with van der Waals surface area (Å²) in [5, 5.41) is 0. The zero-order valence-corrected chi connectivity index (χ0v) is 8.40. The Morgan fingerprint density at radius 2 is 1.57 bits per heavy atom. The van der Waals surface area contributed by atoms with Crippen LogP contribution in [-0.4, -0.2) is 31.3 Å². The predicted molar refractivity (Wildman–Crippen MR) is 50.3 cm³/mol. The van der Waals surface area contributed by atoms with Crippen molar-refractivity contribution in [3.63, 3.8) is 0 Å². The van der Waals surface area contributed by atoms with E-state index in [1.807, 2.05) is 0 Å². The highest BCUT2D eigenvalue weighted by Crippen LogP contribution is 2.25. The average molecular weight is 199 g/mol. The minimum Gasteiger partial charge on any atom is -0.481 e. The summed E-state index contributed by atoms with van der Waals surface area (Å²) >= 11 is 0. The minimum absolute atomic E-state index is 0.110. The third-order valence-electron chi connectivity index (χ3n) is 1.62. The maximum Gasteiger partial charge on any atom is 0.227 e. The van der Waals surface area contributed by atoms with Gasteiger partial charge < -0.3 is 19.9 Å². The van der Waals surface area contributed by atoms with Crippen LogP contribution in [0.15, 0.2) is 0 Å². The highest BCUT2D eigenvalue weighted by Gasteiger charge is 2.14. The summed E-state index contributed by atoms with van der Waals surface area (Å²) in [4.78, 5) is 7.81. The number of aromatic nitrogens is 2. The second kappa shape index (κ2) is 4.61. The fourth-order valence-electron chi connectivity index (χ4n) is 1.07. The van der Waals surface area contributed by atoms with Crippen LogP contribution < -0.4 is 15.2 Å². The fraction of sp³-hybridized carbons (Fsp3) is 0.500. The van der Waals surface area contributed by atoms with Crippen LogP contribution in [-0.2, 0) is 11.3 Å². The highest BCUT2D eigenvalue weighted by molar-refractivity contribution is 5.39. The summed E-state index contributed by atoms with van der Waals surface area (Å²) in [5.74, 6) is 0.853. The molecule has 0 aromatic carbocycles. The quantitative estimate of drug-likeness (QED) is 0.747. The van der Waals surface area contributed by atoms with Gasteiger partial charge >= 0.3 is 0 Å². The van der Waals surface area contributed by atoms with E-state index in [0.717, 1.165) is 0 Å². The van der Waals surface area contributed by atoms with Gasteiger partial charge in [0.15, 0.2) is 0 Å². The molecule has 0 fully saturated rings. The lowest BCUT2D eigenvalue weighted by Crippen LogP contribution is -2.06. The fourth-order valence-corrected chi connectivity index (χ4v) is 1.07. The molecule has 0 spiro atoms. The van der Waals surface area contributed by atoms with E-state index in [9.17, 15) is 0 Å². The summed E-state index contributed by atoms with van der Waals surface area (Å²) in [5.41, 5.74) is 6.10. The van der Waals surface area contributed by atoms with Crippen molar-refractivity contribution in [2.45, 2.75) is 6.61 Å². The van der Waals surface area contributed by atoms with Gasteiger partial charge in [-0.15, -0.1) is 0 Å². The van der Waals surface area contributed by atoms with E-state index in [4.69, 9.17) is 19.9 Å². The number of nitrogen functional groups attached to an aromatic ring is 1. The number of rotatable bonds is 4. The van der Waals surface area contributed by atoms with Crippen molar-refractivity contribution in [1.82, 2.24) is 9.97 Å². The Balaban J connectivity index is 3.18. The van der Waals surface area contributed by atoms with Crippen LogP contribution in [0.1, 0.15) is 5.56 Å². The first kappa shape index (κ1) is 10.5. The van der Waals surface area contributed by atoms with Gasteiger partial charge in [0.2, 0.25) is 17.7 Å². The van der Waals surface area contributed by atoms with Crippen molar-refractivity contribution in [2.75, 3.05) is 27.1 Å². The van der Waals surface area contributed by atoms with Crippen molar-refractivity contribution < 1.29 is 14.2 Å². The van der Waals surface area contributed by atoms with Crippen molar-refractivity contribution in [3.8, 4) is 11.8 Å². The van der Waals surface area contributed by atoms with Gasteiger partial charge in [0.05, 0.1) is 20.8 Å². The first-order valence-corrected chi connectivity index (χ1v) is 3.96. The van der Waals surface area contributed by atoms with Gasteiger partial charge in [-0.3, -0.25) is 0 Å². The third-order valence-corrected chi connectivity index (χ3v) is 1.62. The molecule has 1 rings (SSSR count). The molecule has 0 saturated heterocycles. The predicted octanol–water partition coefficient (Wildman–Crippen LogP) is 0.222. The Morgan fingerprint density at radius 3 is 1.93 bits per heavy atom. The maximum absolute atomic E-state index is 5.45. The van der Waals surface area contributed by atoms with Crippen LogP contribution in [0.25, 0.3) is 0 Å². The van der Waals surface area contributed by atoms with Gasteiger partial charge in [0.1, 0.15) is 5.56 Å². The smallest absolute Gasteiger partial charge is 0.227 e. The number of methoxy groups -OCH3 is 3. The van der Waals surface area contributed by atoms with Gasteiger partial charge in [-0.2, -0.15) is 9.97 Å². The summed E-state index contributed by atoms with van der Waals surface area (Å²) in [6.45, 7) is 0.312. The molecule has 0 bridgehead atoms. The topological polar surface area (TPSA) is 79.5 Å². The second-order valence-electron chi connectivity index (χ2n) is 2.51. The van der Waals surface area contributed by atoms with Gasteiger partial charge in [-0.05, 0) is 0 Å². The summed E-state index contributed by atoms with van der Waals surface area (Å²) in [7, 11) is 4.57. The summed E-state index contributed by atoms with van der Waals surface area (Å²) < 4.78 is 15.0. The van der Waals surface area contributed by atoms with Crippen LogP contribution in [0.4, 0.5) is 5.95 Å². The highest BCUT2D eigenvalue weighted by atomic mass is 16.5. The number of nitrogens with zero attached hydrogens (tertiary/aromatic N) is 2. The molecule has 1 aromatic rings. The first-order valence-electron chi connectivity index (χ1n) is 3.96. The van der Waals surface area contributed by atoms with Crippen LogP contribution in [0.5, 0.6) is 11.8 Å². The Hall–Kier alpha value is -1.56. The molecule has 1 heterocycles. The molecule has 78 valence electrons.